The van der Waals surface area contributed by atoms with E-state index in [1.54, 1.807) is 0 Å². The van der Waals surface area contributed by atoms with Crippen molar-refractivity contribution in [2.24, 2.45) is 17.3 Å². The van der Waals surface area contributed by atoms with Gasteiger partial charge in [0, 0.05) is 17.8 Å². The third-order valence-corrected chi connectivity index (χ3v) is 11.6. The van der Waals surface area contributed by atoms with E-state index in [0.29, 0.717) is 43.2 Å². The summed E-state index contributed by atoms with van der Waals surface area (Å²) in [5.74, 6) is 7.30. The van der Waals surface area contributed by atoms with Crippen molar-refractivity contribution in [2.75, 3.05) is 13.2 Å². The minimum absolute atomic E-state index is 0. The average Bonchev–Trinajstić information content (AvgIpc) is 3.14. The molecule has 0 heterocycles. The van der Waals surface area contributed by atoms with Gasteiger partial charge >= 0.3 is 7.60 Å². The molecule has 0 bridgehead atoms. The molecule has 0 unspecified atom stereocenters. The van der Waals surface area contributed by atoms with Crippen molar-refractivity contribution in [2.45, 2.75) is 84.2 Å². The molecule has 0 radical (unpaired) electrons. The molecular formula is C31H47O5PS4. The van der Waals surface area contributed by atoms with Gasteiger partial charge in [-0.1, -0.05) is 30.6 Å². The number of aliphatic hydroxyl groups is 1. The first-order chi connectivity index (χ1) is 17.7. The standard InChI is InChI=1S/C31H39O5P.4H2S/c1-5-17-31(33)18-16-28-26-14-10-22-19-23(32)11-15-25(22)29(26)27(20-30(28,31)4)21-8-12-24(13-9-21)37(34,35-6-2)36-7-3;;;;/h8-9,12-13,19,26-28,33H,6-7,10-11,14-16,18,20H2,1-4H3;4*1H2/t26-,27+,28-,30-,31-;;;;/m0..../s1. The van der Waals surface area contributed by atoms with Gasteiger partial charge in [0.2, 0.25) is 0 Å². The number of hydrogen-bond acceptors (Lipinski definition) is 5. The molecule has 0 aliphatic heterocycles. The second-order valence-corrected chi connectivity index (χ2v) is 13.2. The van der Waals surface area contributed by atoms with Gasteiger partial charge in [-0.15, -0.1) is 5.92 Å². The van der Waals surface area contributed by atoms with Gasteiger partial charge in [0.25, 0.3) is 0 Å². The Morgan fingerprint density at radius 1 is 1.00 bits per heavy atom. The van der Waals surface area contributed by atoms with E-state index in [1.165, 1.54) is 16.7 Å². The highest BCUT2D eigenvalue weighted by atomic mass is 32.1. The Morgan fingerprint density at radius 3 is 2.22 bits per heavy atom. The summed E-state index contributed by atoms with van der Waals surface area (Å²) in [6, 6.07) is 7.88. The van der Waals surface area contributed by atoms with Crippen LogP contribution in [-0.2, 0) is 18.4 Å². The summed E-state index contributed by atoms with van der Waals surface area (Å²) in [4.78, 5) is 12.3. The Morgan fingerprint density at radius 2 is 1.63 bits per heavy atom. The zero-order valence-corrected chi connectivity index (χ0v) is 29.4. The number of benzene rings is 1. The molecule has 4 aliphatic carbocycles. The highest BCUT2D eigenvalue weighted by molar-refractivity contribution is 7.62. The molecule has 230 valence electrons. The summed E-state index contributed by atoms with van der Waals surface area (Å²) < 4.78 is 24.5. The quantitative estimate of drug-likeness (QED) is 0.273. The summed E-state index contributed by atoms with van der Waals surface area (Å²) in [6.45, 7) is 8.31. The van der Waals surface area contributed by atoms with E-state index in [9.17, 15) is 14.5 Å². The van der Waals surface area contributed by atoms with Crippen LogP contribution in [-0.4, -0.2) is 29.7 Å². The third kappa shape index (κ3) is 6.61. The van der Waals surface area contributed by atoms with Gasteiger partial charge in [0.05, 0.1) is 18.5 Å². The van der Waals surface area contributed by atoms with Crippen LogP contribution in [0.4, 0.5) is 0 Å². The zero-order chi connectivity index (χ0) is 26.4. The van der Waals surface area contributed by atoms with Crippen LogP contribution in [0.25, 0.3) is 0 Å². The number of rotatable bonds is 6. The fraction of sp³-hybridized carbons (Fsp3) is 0.581. The lowest BCUT2D eigenvalue weighted by Gasteiger charge is -2.53. The largest absolute Gasteiger partial charge is 0.377 e. The number of allylic oxidation sites excluding steroid dienone is 4. The van der Waals surface area contributed by atoms with E-state index >= 15 is 0 Å². The monoisotopic (exact) mass is 658 g/mol. The van der Waals surface area contributed by atoms with E-state index in [-0.39, 0.29) is 71.1 Å². The normalized spacial score (nSPS) is 29.9. The lowest BCUT2D eigenvalue weighted by molar-refractivity contribution is -0.114. The molecule has 2 saturated carbocycles. The van der Waals surface area contributed by atoms with Crippen LogP contribution in [0.2, 0.25) is 0 Å². The Bertz CT molecular complexity index is 1260. The maximum atomic E-state index is 13.4. The van der Waals surface area contributed by atoms with Crippen LogP contribution in [0.1, 0.15) is 84.1 Å². The Kier molecular flexibility index (Phi) is 14.0. The van der Waals surface area contributed by atoms with Crippen molar-refractivity contribution in [1.82, 2.24) is 0 Å². The fourth-order valence-electron chi connectivity index (χ4n) is 7.79. The van der Waals surface area contributed by atoms with Gasteiger partial charge in [-0.05, 0) is 106 Å². The van der Waals surface area contributed by atoms with E-state index in [1.807, 2.05) is 39.0 Å². The fourth-order valence-corrected chi connectivity index (χ4v) is 9.36. The summed E-state index contributed by atoms with van der Waals surface area (Å²) >= 11 is 0. The Balaban J connectivity index is 0.00000210. The zero-order valence-electron chi connectivity index (χ0n) is 24.5. The smallest absolute Gasteiger partial charge is 0.361 e. The molecule has 0 amide bonds. The summed E-state index contributed by atoms with van der Waals surface area (Å²) in [5.41, 5.74) is 3.87. The predicted molar refractivity (Wildman–Crippen MR) is 187 cm³/mol. The molecule has 1 aromatic rings. The van der Waals surface area contributed by atoms with Crippen LogP contribution in [0.3, 0.4) is 0 Å². The first kappa shape index (κ1) is 38.5. The third-order valence-electron chi connectivity index (χ3n) is 9.43. The second-order valence-electron chi connectivity index (χ2n) is 11.2. The van der Waals surface area contributed by atoms with Crippen LogP contribution >= 0.6 is 61.6 Å². The minimum Gasteiger partial charge on any atom is -0.377 e. The first-order valence-electron chi connectivity index (χ1n) is 13.8. The molecule has 2 fully saturated rings. The maximum Gasteiger partial charge on any atom is 0.361 e. The van der Waals surface area contributed by atoms with Gasteiger partial charge in [-0.2, -0.15) is 54.0 Å². The van der Waals surface area contributed by atoms with Crippen molar-refractivity contribution >= 4 is 72.7 Å². The Hall–Kier alpha value is -0.560. The highest BCUT2D eigenvalue weighted by Gasteiger charge is 2.62. The lowest BCUT2D eigenvalue weighted by atomic mass is 9.51. The number of ketones is 1. The van der Waals surface area contributed by atoms with Gasteiger partial charge in [0.15, 0.2) is 5.78 Å². The Labute approximate surface area is 274 Å². The minimum atomic E-state index is -3.37. The molecule has 41 heavy (non-hydrogen) atoms. The molecular weight excluding hydrogens is 612 g/mol. The molecule has 1 aromatic carbocycles. The van der Waals surface area contributed by atoms with Crippen molar-refractivity contribution in [3.05, 3.63) is 52.6 Å². The van der Waals surface area contributed by atoms with Crippen molar-refractivity contribution in [3.8, 4) is 11.8 Å². The number of carbonyl (C=O) groups excluding carboxylic acids is 1. The van der Waals surface area contributed by atoms with E-state index in [2.05, 4.69) is 30.9 Å². The van der Waals surface area contributed by atoms with Crippen LogP contribution in [0, 0.1) is 29.1 Å². The van der Waals surface area contributed by atoms with Crippen molar-refractivity contribution < 1.29 is 23.5 Å². The van der Waals surface area contributed by atoms with Crippen LogP contribution < -0.4 is 5.30 Å². The van der Waals surface area contributed by atoms with Crippen molar-refractivity contribution in [1.29, 1.82) is 0 Å². The molecule has 10 heteroatoms. The topological polar surface area (TPSA) is 72.8 Å². The maximum absolute atomic E-state index is 13.4. The van der Waals surface area contributed by atoms with Crippen molar-refractivity contribution in [3.63, 3.8) is 0 Å². The molecule has 0 saturated heterocycles. The van der Waals surface area contributed by atoms with Crippen LogP contribution in [0.5, 0.6) is 0 Å². The SMILES string of the molecule is CC#C[C@]1(O)CC[C@H]2[C@@H]3CCC4=CC(=O)CCC4=C3[C@@H](c3ccc(P(=O)(OCC)OCC)cc3)C[C@@]21C.S.S.S.S. The number of hydrogen-bond donors (Lipinski definition) is 1. The van der Waals surface area contributed by atoms with E-state index in [0.717, 1.165) is 37.7 Å². The average molecular weight is 659 g/mol. The summed E-state index contributed by atoms with van der Waals surface area (Å²) in [7, 11) is -3.37. The highest BCUT2D eigenvalue weighted by Crippen LogP contribution is 2.66. The molecule has 5 nitrogen and oxygen atoms in total. The van der Waals surface area contributed by atoms with E-state index < -0.39 is 13.2 Å². The first-order valence-corrected chi connectivity index (χ1v) is 15.4. The van der Waals surface area contributed by atoms with Gasteiger partial charge < -0.3 is 14.2 Å². The number of fused-ring (bicyclic) bond motifs is 4. The van der Waals surface area contributed by atoms with E-state index in [4.69, 9.17) is 9.05 Å². The molecule has 5 atom stereocenters. The summed E-state index contributed by atoms with van der Waals surface area (Å²) in [5, 5.41) is 12.4. The molecule has 4 aliphatic rings. The molecule has 0 spiro atoms. The molecule has 1 N–H and O–H groups in total. The molecule has 5 rings (SSSR count). The predicted octanol–water partition coefficient (Wildman–Crippen LogP) is 6.68. The van der Waals surface area contributed by atoms with Gasteiger partial charge in [0.1, 0.15) is 5.60 Å². The number of carbonyl (C=O) groups is 1. The van der Waals surface area contributed by atoms with Crippen LogP contribution in [0.15, 0.2) is 47.1 Å². The lowest BCUT2D eigenvalue weighted by Crippen LogP contribution is -2.51. The summed E-state index contributed by atoms with van der Waals surface area (Å²) in [6.07, 6.45) is 7.66. The van der Waals surface area contributed by atoms with Gasteiger partial charge in [-0.25, -0.2) is 0 Å². The molecule has 0 aromatic heterocycles. The second kappa shape index (κ2) is 14.9. The van der Waals surface area contributed by atoms with Gasteiger partial charge in [-0.3, -0.25) is 9.36 Å².